The summed E-state index contributed by atoms with van der Waals surface area (Å²) in [5, 5.41) is 10.1. The van der Waals surface area contributed by atoms with E-state index in [0.717, 1.165) is 25.8 Å². The Morgan fingerprint density at radius 2 is 2.00 bits per heavy atom. The van der Waals surface area contributed by atoms with E-state index in [2.05, 4.69) is 21.8 Å². The van der Waals surface area contributed by atoms with Crippen LogP contribution in [0, 0.1) is 5.82 Å². The van der Waals surface area contributed by atoms with E-state index in [-0.39, 0.29) is 5.82 Å². The smallest absolute Gasteiger partial charge is 0.141 e. The quantitative estimate of drug-likeness (QED) is 0.851. The van der Waals surface area contributed by atoms with Gasteiger partial charge in [-0.25, -0.2) is 4.39 Å². The van der Waals surface area contributed by atoms with Gasteiger partial charge in [0.1, 0.15) is 5.82 Å². The van der Waals surface area contributed by atoms with Gasteiger partial charge in [-0.3, -0.25) is 14.9 Å². The minimum atomic E-state index is -0.669. The summed E-state index contributed by atoms with van der Waals surface area (Å²) in [6.07, 6.45) is 4.59. The van der Waals surface area contributed by atoms with Crippen LogP contribution in [-0.2, 0) is 6.54 Å². The first-order valence-corrected chi connectivity index (χ1v) is 7.10. The van der Waals surface area contributed by atoms with E-state index in [1.54, 1.807) is 12.4 Å². The van der Waals surface area contributed by atoms with Crippen molar-refractivity contribution in [3.8, 4) is 0 Å². The van der Waals surface area contributed by atoms with Crippen LogP contribution < -0.4 is 0 Å². The first-order valence-electron chi connectivity index (χ1n) is 7.10. The lowest BCUT2D eigenvalue weighted by Crippen LogP contribution is -2.25. The molecule has 21 heavy (non-hydrogen) atoms. The SMILES string of the molecule is CCN(CCC(O)c1ccc(F)cn1)Cc1ccncc1. The number of aliphatic hydroxyl groups is 1. The summed E-state index contributed by atoms with van der Waals surface area (Å²) >= 11 is 0. The van der Waals surface area contributed by atoms with E-state index in [9.17, 15) is 9.50 Å². The average molecular weight is 289 g/mol. The zero-order valence-electron chi connectivity index (χ0n) is 12.1. The van der Waals surface area contributed by atoms with Crippen LogP contribution in [0.15, 0.2) is 42.9 Å². The fourth-order valence-electron chi connectivity index (χ4n) is 2.13. The van der Waals surface area contributed by atoms with Crippen LogP contribution in [0.4, 0.5) is 4.39 Å². The van der Waals surface area contributed by atoms with Crippen molar-refractivity contribution < 1.29 is 9.50 Å². The van der Waals surface area contributed by atoms with Crippen molar-refractivity contribution in [3.05, 3.63) is 59.9 Å². The zero-order chi connectivity index (χ0) is 15.1. The molecule has 0 saturated heterocycles. The van der Waals surface area contributed by atoms with Gasteiger partial charge in [0.15, 0.2) is 0 Å². The van der Waals surface area contributed by atoms with Crippen molar-refractivity contribution in [1.82, 2.24) is 14.9 Å². The maximum Gasteiger partial charge on any atom is 0.141 e. The molecule has 0 spiro atoms. The van der Waals surface area contributed by atoms with Crippen molar-refractivity contribution >= 4 is 0 Å². The van der Waals surface area contributed by atoms with Gasteiger partial charge in [0.2, 0.25) is 0 Å². The largest absolute Gasteiger partial charge is 0.387 e. The third-order valence-corrected chi connectivity index (χ3v) is 3.41. The van der Waals surface area contributed by atoms with E-state index >= 15 is 0 Å². The fraction of sp³-hybridized carbons (Fsp3) is 0.375. The number of pyridine rings is 2. The molecule has 0 aliphatic rings. The molecule has 0 aromatic carbocycles. The standard InChI is InChI=1S/C16H20FN3O/c1-2-20(12-13-5-8-18-9-6-13)10-7-16(21)15-4-3-14(17)11-19-15/h3-6,8-9,11,16,21H,2,7,10,12H2,1H3. The lowest BCUT2D eigenvalue weighted by molar-refractivity contribution is 0.137. The number of halogens is 1. The van der Waals surface area contributed by atoms with Crippen molar-refractivity contribution in [2.45, 2.75) is 26.0 Å². The molecule has 1 unspecified atom stereocenters. The predicted molar refractivity (Wildman–Crippen MR) is 79.0 cm³/mol. The van der Waals surface area contributed by atoms with Gasteiger partial charge in [-0.05, 0) is 42.8 Å². The fourth-order valence-corrected chi connectivity index (χ4v) is 2.13. The predicted octanol–water partition coefficient (Wildman–Crippen LogP) is 2.56. The first-order chi connectivity index (χ1) is 10.2. The molecule has 2 rings (SSSR count). The van der Waals surface area contributed by atoms with Crippen LogP contribution in [0.5, 0.6) is 0 Å². The lowest BCUT2D eigenvalue weighted by Gasteiger charge is -2.21. The third kappa shape index (κ3) is 4.88. The highest BCUT2D eigenvalue weighted by atomic mass is 19.1. The normalized spacial score (nSPS) is 12.6. The highest BCUT2D eigenvalue weighted by Gasteiger charge is 2.12. The van der Waals surface area contributed by atoms with Gasteiger partial charge in [0.25, 0.3) is 0 Å². The molecule has 2 heterocycles. The van der Waals surface area contributed by atoms with Crippen LogP contribution in [-0.4, -0.2) is 33.1 Å². The van der Waals surface area contributed by atoms with Gasteiger partial charge >= 0.3 is 0 Å². The Bertz CT molecular complexity index is 533. The number of aliphatic hydroxyl groups excluding tert-OH is 1. The average Bonchev–Trinajstić information content (AvgIpc) is 2.52. The maximum atomic E-state index is 12.8. The summed E-state index contributed by atoms with van der Waals surface area (Å²) < 4.78 is 12.8. The maximum absolute atomic E-state index is 12.8. The molecule has 2 aromatic rings. The molecule has 5 heteroatoms. The number of rotatable bonds is 7. The second-order valence-electron chi connectivity index (χ2n) is 4.93. The minimum Gasteiger partial charge on any atom is -0.387 e. The molecule has 0 saturated carbocycles. The van der Waals surface area contributed by atoms with E-state index in [4.69, 9.17) is 0 Å². The van der Waals surface area contributed by atoms with Crippen molar-refractivity contribution in [2.75, 3.05) is 13.1 Å². The Labute approximate surface area is 124 Å². The molecule has 0 amide bonds. The van der Waals surface area contributed by atoms with Gasteiger partial charge in [-0.15, -0.1) is 0 Å². The summed E-state index contributed by atoms with van der Waals surface area (Å²) in [5.74, 6) is -0.390. The molecular formula is C16H20FN3O. The molecule has 0 fully saturated rings. The monoisotopic (exact) mass is 289 g/mol. The Morgan fingerprint density at radius 3 is 2.62 bits per heavy atom. The molecule has 112 valence electrons. The van der Waals surface area contributed by atoms with E-state index < -0.39 is 6.10 Å². The lowest BCUT2D eigenvalue weighted by atomic mass is 10.1. The molecule has 0 aliphatic heterocycles. The number of hydrogen-bond donors (Lipinski definition) is 1. The van der Waals surface area contributed by atoms with Gasteiger partial charge in [-0.1, -0.05) is 6.92 Å². The van der Waals surface area contributed by atoms with E-state index in [0.29, 0.717) is 12.1 Å². The van der Waals surface area contributed by atoms with Gasteiger partial charge < -0.3 is 5.11 Å². The Morgan fingerprint density at radius 1 is 1.24 bits per heavy atom. The Kier molecular flexibility index (Phi) is 5.78. The first kappa shape index (κ1) is 15.5. The van der Waals surface area contributed by atoms with Crippen LogP contribution >= 0.6 is 0 Å². The summed E-state index contributed by atoms with van der Waals surface area (Å²) in [4.78, 5) is 10.2. The zero-order valence-corrected chi connectivity index (χ0v) is 12.1. The highest BCUT2D eigenvalue weighted by Crippen LogP contribution is 2.15. The topological polar surface area (TPSA) is 49.2 Å². The van der Waals surface area contributed by atoms with E-state index in [1.807, 2.05) is 12.1 Å². The highest BCUT2D eigenvalue weighted by molar-refractivity contribution is 5.10. The Balaban J connectivity index is 1.86. The summed E-state index contributed by atoms with van der Waals surface area (Å²) in [6.45, 7) is 4.55. The Hall–Kier alpha value is -1.85. The molecular weight excluding hydrogens is 269 g/mol. The van der Waals surface area contributed by atoms with Crippen LogP contribution in [0.3, 0.4) is 0 Å². The number of aromatic nitrogens is 2. The van der Waals surface area contributed by atoms with Crippen molar-refractivity contribution in [3.63, 3.8) is 0 Å². The number of hydrogen-bond acceptors (Lipinski definition) is 4. The summed E-state index contributed by atoms with van der Waals surface area (Å²) in [6, 6.07) is 6.82. The van der Waals surface area contributed by atoms with Gasteiger partial charge in [0, 0.05) is 25.5 Å². The molecule has 2 aromatic heterocycles. The second-order valence-corrected chi connectivity index (χ2v) is 4.93. The number of nitrogens with zero attached hydrogens (tertiary/aromatic N) is 3. The van der Waals surface area contributed by atoms with Crippen molar-refractivity contribution in [1.29, 1.82) is 0 Å². The molecule has 1 N–H and O–H groups in total. The molecule has 0 radical (unpaired) electrons. The van der Waals surface area contributed by atoms with Gasteiger partial charge in [0.05, 0.1) is 18.0 Å². The molecule has 4 nitrogen and oxygen atoms in total. The van der Waals surface area contributed by atoms with Crippen molar-refractivity contribution in [2.24, 2.45) is 0 Å². The molecule has 0 aliphatic carbocycles. The summed E-state index contributed by atoms with van der Waals surface area (Å²) in [5.41, 5.74) is 1.71. The van der Waals surface area contributed by atoms with Gasteiger partial charge in [-0.2, -0.15) is 0 Å². The molecule has 0 bridgehead atoms. The second kappa shape index (κ2) is 7.81. The van der Waals surface area contributed by atoms with Crippen LogP contribution in [0.2, 0.25) is 0 Å². The third-order valence-electron chi connectivity index (χ3n) is 3.41. The van der Waals surface area contributed by atoms with Crippen LogP contribution in [0.25, 0.3) is 0 Å². The molecule has 1 atom stereocenters. The van der Waals surface area contributed by atoms with Crippen LogP contribution in [0.1, 0.15) is 30.7 Å². The van der Waals surface area contributed by atoms with E-state index in [1.165, 1.54) is 17.7 Å². The minimum absolute atomic E-state index is 0.390. The summed E-state index contributed by atoms with van der Waals surface area (Å²) in [7, 11) is 0.